The highest BCUT2D eigenvalue weighted by Gasteiger charge is 2.38. The number of sulfonamides is 1. The molecule has 2 aromatic carbocycles. The molecule has 2 heterocycles. The molecule has 2 saturated heterocycles. The maximum absolute atomic E-state index is 13.4. The third kappa shape index (κ3) is 5.79. The fourth-order valence-electron chi connectivity index (χ4n) is 4.71. The van der Waals surface area contributed by atoms with Gasteiger partial charge in [-0.2, -0.15) is 4.31 Å². The predicted molar refractivity (Wildman–Crippen MR) is 133 cm³/mol. The molecule has 4 rings (SSSR count). The van der Waals surface area contributed by atoms with Crippen molar-refractivity contribution in [2.45, 2.75) is 36.6 Å². The largest absolute Gasteiger partial charge is 0.497 e. The highest BCUT2D eigenvalue weighted by atomic mass is 35.5. The van der Waals surface area contributed by atoms with Crippen molar-refractivity contribution >= 4 is 33.4 Å². The van der Waals surface area contributed by atoms with E-state index in [-0.39, 0.29) is 35.7 Å². The number of hydrogen-bond donors (Lipinski definition) is 1. The van der Waals surface area contributed by atoms with Gasteiger partial charge in [-0.15, -0.1) is 0 Å². The number of hydrogen-bond acceptors (Lipinski definition) is 5. The average Bonchev–Trinajstić information content (AvgIpc) is 3.42. The number of amides is 2. The maximum atomic E-state index is 13.4. The Morgan fingerprint density at radius 2 is 1.69 bits per heavy atom. The van der Waals surface area contributed by atoms with Crippen molar-refractivity contribution < 1.29 is 22.7 Å². The molecule has 1 atom stereocenters. The van der Waals surface area contributed by atoms with E-state index in [0.29, 0.717) is 42.3 Å². The predicted octanol–water partition coefficient (Wildman–Crippen LogP) is 3.17. The molecule has 0 saturated carbocycles. The van der Waals surface area contributed by atoms with E-state index >= 15 is 0 Å². The summed E-state index contributed by atoms with van der Waals surface area (Å²) in [5.41, 5.74) is 0.409. The lowest BCUT2D eigenvalue weighted by Crippen LogP contribution is -2.54. The normalized spacial score (nSPS) is 18.3. The fraction of sp³-hybridized carbons (Fsp3) is 0.440. The first kappa shape index (κ1) is 25.5. The van der Waals surface area contributed by atoms with E-state index in [1.54, 1.807) is 41.3 Å². The Labute approximate surface area is 211 Å². The second kappa shape index (κ2) is 11.0. The summed E-state index contributed by atoms with van der Waals surface area (Å²) in [5, 5.41) is 3.42. The molecule has 0 radical (unpaired) electrons. The van der Waals surface area contributed by atoms with Gasteiger partial charge in [0.25, 0.3) is 5.91 Å². The van der Waals surface area contributed by atoms with Crippen LogP contribution in [0, 0.1) is 5.92 Å². The van der Waals surface area contributed by atoms with E-state index in [2.05, 4.69) is 5.32 Å². The highest BCUT2D eigenvalue weighted by molar-refractivity contribution is 7.89. The Balaban J connectivity index is 1.49. The molecule has 35 heavy (non-hydrogen) atoms. The van der Waals surface area contributed by atoms with Gasteiger partial charge in [0.15, 0.2) is 0 Å². The topological polar surface area (TPSA) is 96.0 Å². The number of methoxy groups -OCH3 is 1. The van der Waals surface area contributed by atoms with Crippen LogP contribution in [0.1, 0.15) is 36.0 Å². The number of halogens is 1. The second-order valence-electron chi connectivity index (χ2n) is 8.91. The van der Waals surface area contributed by atoms with Crippen molar-refractivity contribution in [3.8, 4) is 5.75 Å². The van der Waals surface area contributed by atoms with Crippen LogP contribution in [0.4, 0.5) is 0 Å². The van der Waals surface area contributed by atoms with Crippen LogP contribution in [0.25, 0.3) is 0 Å². The SMILES string of the molecule is COc1cccc(C(=O)N[C@H](C(=O)N2CCCC2)C2CCN(S(=O)(=O)c3ccc(Cl)cc3)CC2)c1. The number of piperidine rings is 1. The third-order valence-electron chi connectivity index (χ3n) is 6.72. The molecule has 0 aliphatic carbocycles. The van der Waals surface area contributed by atoms with Gasteiger partial charge in [0.2, 0.25) is 15.9 Å². The second-order valence-corrected chi connectivity index (χ2v) is 11.3. The van der Waals surface area contributed by atoms with E-state index in [1.165, 1.54) is 23.5 Å². The summed E-state index contributed by atoms with van der Waals surface area (Å²) in [6, 6.07) is 12.2. The molecule has 0 unspecified atom stereocenters. The molecular weight excluding hydrogens is 490 g/mol. The summed E-state index contributed by atoms with van der Waals surface area (Å²) in [6.07, 6.45) is 2.82. The molecule has 188 valence electrons. The lowest BCUT2D eigenvalue weighted by molar-refractivity contribution is -0.133. The van der Waals surface area contributed by atoms with Gasteiger partial charge in [-0.05, 0) is 74.1 Å². The van der Waals surface area contributed by atoms with Crippen molar-refractivity contribution in [3.63, 3.8) is 0 Å². The quantitative estimate of drug-likeness (QED) is 0.606. The Morgan fingerprint density at radius 3 is 2.31 bits per heavy atom. The zero-order valence-corrected chi connectivity index (χ0v) is 21.2. The number of benzene rings is 2. The van der Waals surface area contributed by atoms with Crippen LogP contribution >= 0.6 is 11.6 Å². The number of nitrogens with zero attached hydrogens (tertiary/aromatic N) is 2. The van der Waals surface area contributed by atoms with Crippen LogP contribution in [0.15, 0.2) is 53.4 Å². The van der Waals surface area contributed by atoms with Crippen LogP contribution in [-0.2, 0) is 14.8 Å². The highest BCUT2D eigenvalue weighted by Crippen LogP contribution is 2.28. The number of rotatable bonds is 7. The maximum Gasteiger partial charge on any atom is 0.252 e. The summed E-state index contributed by atoms with van der Waals surface area (Å²) in [6.45, 7) is 1.89. The van der Waals surface area contributed by atoms with E-state index in [1.807, 2.05) is 0 Å². The van der Waals surface area contributed by atoms with Crippen LogP contribution in [0.3, 0.4) is 0 Å². The third-order valence-corrected chi connectivity index (χ3v) is 8.89. The molecule has 2 fully saturated rings. The molecule has 1 N–H and O–H groups in total. The first-order valence-corrected chi connectivity index (χ1v) is 13.6. The molecule has 2 aliphatic rings. The zero-order valence-electron chi connectivity index (χ0n) is 19.7. The Bertz CT molecular complexity index is 1160. The number of carbonyl (C=O) groups excluding carboxylic acids is 2. The van der Waals surface area contributed by atoms with Gasteiger partial charge in [0.05, 0.1) is 12.0 Å². The molecule has 2 aromatic rings. The van der Waals surface area contributed by atoms with Crippen LogP contribution in [0.5, 0.6) is 5.75 Å². The molecule has 2 amide bonds. The van der Waals surface area contributed by atoms with Crippen molar-refractivity contribution in [1.82, 2.24) is 14.5 Å². The molecular formula is C25H30ClN3O5S. The monoisotopic (exact) mass is 519 g/mol. The van der Waals surface area contributed by atoms with Crippen LogP contribution in [-0.4, -0.2) is 68.8 Å². The van der Waals surface area contributed by atoms with Gasteiger partial charge in [0.1, 0.15) is 11.8 Å². The van der Waals surface area contributed by atoms with Gasteiger partial charge in [-0.3, -0.25) is 9.59 Å². The Morgan fingerprint density at radius 1 is 1.03 bits per heavy atom. The van der Waals surface area contributed by atoms with E-state index < -0.39 is 16.1 Å². The van der Waals surface area contributed by atoms with Crippen LogP contribution in [0.2, 0.25) is 5.02 Å². The number of likely N-dealkylation sites (tertiary alicyclic amines) is 1. The average molecular weight is 520 g/mol. The van der Waals surface area contributed by atoms with Crippen LogP contribution < -0.4 is 10.1 Å². The summed E-state index contributed by atoms with van der Waals surface area (Å²) < 4.78 is 32.8. The van der Waals surface area contributed by atoms with Gasteiger partial charge in [0, 0.05) is 36.8 Å². The van der Waals surface area contributed by atoms with Crippen molar-refractivity contribution in [2.75, 3.05) is 33.3 Å². The Hall–Kier alpha value is -2.62. The van der Waals surface area contributed by atoms with Crippen molar-refractivity contribution in [2.24, 2.45) is 5.92 Å². The summed E-state index contributed by atoms with van der Waals surface area (Å²) in [5.74, 6) is -0.0643. The first-order chi connectivity index (χ1) is 16.8. The minimum absolute atomic E-state index is 0.0993. The van der Waals surface area contributed by atoms with Gasteiger partial charge < -0.3 is 15.0 Å². The smallest absolute Gasteiger partial charge is 0.252 e. The molecule has 2 aliphatic heterocycles. The number of nitrogens with one attached hydrogen (secondary N) is 1. The summed E-state index contributed by atoms with van der Waals surface area (Å²) >= 11 is 5.90. The molecule has 0 aromatic heterocycles. The first-order valence-electron chi connectivity index (χ1n) is 11.8. The van der Waals surface area contributed by atoms with Crippen molar-refractivity contribution in [3.05, 3.63) is 59.1 Å². The van der Waals surface area contributed by atoms with Gasteiger partial charge >= 0.3 is 0 Å². The Kier molecular flexibility index (Phi) is 7.98. The minimum atomic E-state index is -3.66. The van der Waals surface area contributed by atoms with E-state index in [9.17, 15) is 18.0 Å². The lowest BCUT2D eigenvalue weighted by atomic mass is 9.89. The fourth-order valence-corrected chi connectivity index (χ4v) is 6.31. The standard InChI is InChI=1S/C25H30ClN3O5S/c1-34-21-6-4-5-19(17-21)24(30)27-23(25(31)28-13-2-3-14-28)18-11-15-29(16-12-18)35(32,33)22-9-7-20(26)8-10-22/h4-10,17-18,23H,2-3,11-16H2,1H3,(H,27,30)/t23-/m0/s1. The van der Waals surface area contributed by atoms with Crippen molar-refractivity contribution in [1.29, 1.82) is 0 Å². The van der Waals surface area contributed by atoms with E-state index in [0.717, 1.165) is 12.8 Å². The number of ether oxygens (including phenoxy) is 1. The zero-order chi connectivity index (χ0) is 25.0. The van der Waals surface area contributed by atoms with E-state index in [4.69, 9.17) is 16.3 Å². The van der Waals surface area contributed by atoms with Gasteiger partial charge in [-0.1, -0.05) is 17.7 Å². The lowest BCUT2D eigenvalue weighted by Gasteiger charge is -2.36. The molecule has 0 bridgehead atoms. The summed E-state index contributed by atoms with van der Waals surface area (Å²) in [4.78, 5) is 28.5. The molecule has 0 spiro atoms. The molecule has 10 heteroatoms. The minimum Gasteiger partial charge on any atom is -0.497 e. The summed E-state index contributed by atoms with van der Waals surface area (Å²) in [7, 11) is -2.13. The number of carbonyl (C=O) groups is 2. The van der Waals surface area contributed by atoms with Gasteiger partial charge in [-0.25, -0.2) is 8.42 Å². The molecule has 8 nitrogen and oxygen atoms in total.